The van der Waals surface area contributed by atoms with E-state index in [1.165, 1.54) is 32.1 Å². The summed E-state index contributed by atoms with van der Waals surface area (Å²) in [6, 6.07) is 1.70. The number of nitrogens with zero attached hydrogens (tertiary/aromatic N) is 5. The average molecular weight is 413 g/mol. The first-order valence-corrected chi connectivity index (χ1v) is 10.7. The fraction of sp³-hybridized carbons (Fsp3) is 0.591. The van der Waals surface area contributed by atoms with Crippen LogP contribution < -0.4 is 5.56 Å². The van der Waals surface area contributed by atoms with Crippen molar-refractivity contribution in [2.24, 2.45) is 5.92 Å². The summed E-state index contributed by atoms with van der Waals surface area (Å²) in [5, 5.41) is 0. The van der Waals surface area contributed by atoms with Crippen molar-refractivity contribution in [3.8, 4) is 11.6 Å². The van der Waals surface area contributed by atoms with Gasteiger partial charge in [0.15, 0.2) is 11.6 Å². The van der Waals surface area contributed by atoms with Gasteiger partial charge >= 0.3 is 0 Å². The zero-order valence-corrected chi connectivity index (χ0v) is 18.2. The van der Waals surface area contributed by atoms with Crippen LogP contribution in [0.4, 0.5) is 0 Å². The standard InChI is InChI=1S/C22H32N6O2/c1-16-18(22(30)26-21(25-16)20-23-10-7-11-24-20)14-19(29)28(13-12-27(2)3)15-17-8-5-4-6-9-17/h7,10-11,17H,4-6,8-9,12-15H2,1-3H3,(H,25,26,30). The summed E-state index contributed by atoms with van der Waals surface area (Å²) >= 11 is 0. The number of H-pyrrole nitrogens is 1. The van der Waals surface area contributed by atoms with Gasteiger partial charge in [-0.1, -0.05) is 19.3 Å². The third-order valence-electron chi connectivity index (χ3n) is 5.70. The predicted octanol–water partition coefficient (Wildman–Crippen LogP) is 2.05. The molecule has 0 unspecified atom stereocenters. The lowest BCUT2D eigenvalue weighted by molar-refractivity contribution is -0.131. The maximum Gasteiger partial charge on any atom is 0.255 e. The Balaban J connectivity index is 1.75. The molecule has 162 valence electrons. The van der Waals surface area contributed by atoms with Gasteiger partial charge in [0.2, 0.25) is 5.91 Å². The van der Waals surface area contributed by atoms with E-state index >= 15 is 0 Å². The van der Waals surface area contributed by atoms with Crippen LogP contribution in [0.3, 0.4) is 0 Å². The minimum absolute atomic E-state index is 0.0125. The first kappa shape index (κ1) is 22.1. The number of hydrogen-bond donors (Lipinski definition) is 1. The Labute approximate surface area is 177 Å². The Morgan fingerprint density at radius 1 is 1.13 bits per heavy atom. The zero-order chi connectivity index (χ0) is 21.5. The second-order valence-corrected chi connectivity index (χ2v) is 8.37. The highest BCUT2D eigenvalue weighted by Crippen LogP contribution is 2.24. The van der Waals surface area contributed by atoms with Crippen molar-refractivity contribution in [3.63, 3.8) is 0 Å². The minimum Gasteiger partial charge on any atom is -0.341 e. The van der Waals surface area contributed by atoms with E-state index < -0.39 is 0 Å². The Bertz CT molecular complexity index is 890. The van der Waals surface area contributed by atoms with Gasteiger partial charge in [-0.25, -0.2) is 15.0 Å². The molecule has 1 aliphatic rings. The smallest absolute Gasteiger partial charge is 0.255 e. The summed E-state index contributed by atoms with van der Waals surface area (Å²) in [6.45, 7) is 4.00. The summed E-state index contributed by atoms with van der Waals surface area (Å²) in [5.74, 6) is 1.22. The maximum absolute atomic E-state index is 13.2. The average Bonchev–Trinajstić information content (AvgIpc) is 2.74. The van der Waals surface area contributed by atoms with Crippen molar-refractivity contribution in [2.75, 3.05) is 33.7 Å². The third-order valence-corrected chi connectivity index (χ3v) is 5.70. The number of aromatic amines is 1. The highest BCUT2D eigenvalue weighted by atomic mass is 16.2. The van der Waals surface area contributed by atoms with Crippen molar-refractivity contribution < 1.29 is 4.79 Å². The van der Waals surface area contributed by atoms with Crippen molar-refractivity contribution in [1.29, 1.82) is 0 Å². The van der Waals surface area contributed by atoms with E-state index in [9.17, 15) is 9.59 Å². The van der Waals surface area contributed by atoms with Crippen LogP contribution in [0.5, 0.6) is 0 Å². The number of carbonyl (C=O) groups excluding carboxylic acids is 1. The van der Waals surface area contributed by atoms with Gasteiger partial charge < -0.3 is 14.8 Å². The maximum atomic E-state index is 13.2. The molecule has 0 aliphatic heterocycles. The Kier molecular flexibility index (Phi) is 7.68. The molecule has 0 saturated heterocycles. The number of nitrogens with one attached hydrogen (secondary N) is 1. The van der Waals surface area contributed by atoms with Gasteiger partial charge in [0, 0.05) is 43.3 Å². The molecule has 1 N–H and O–H groups in total. The largest absolute Gasteiger partial charge is 0.341 e. The van der Waals surface area contributed by atoms with Gasteiger partial charge in [0.1, 0.15) is 0 Å². The molecule has 0 bridgehead atoms. The quantitative estimate of drug-likeness (QED) is 0.713. The fourth-order valence-corrected chi connectivity index (χ4v) is 3.93. The molecule has 30 heavy (non-hydrogen) atoms. The molecule has 1 saturated carbocycles. The number of hydrogen-bond acceptors (Lipinski definition) is 6. The molecule has 2 aromatic heterocycles. The van der Waals surface area contributed by atoms with Crippen LogP contribution in [0.25, 0.3) is 11.6 Å². The van der Waals surface area contributed by atoms with E-state index in [4.69, 9.17) is 0 Å². The molecule has 1 fully saturated rings. The van der Waals surface area contributed by atoms with Gasteiger partial charge in [0.05, 0.1) is 6.42 Å². The molecule has 2 heterocycles. The predicted molar refractivity (Wildman–Crippen MR) is 116 cm³/mol. The Morgan fingerprint density at radius 3 is 2.47 bits per heavy atom. The lowest BCUT2D eigenvalue weighted by Gasteiger charge is -2.31. The van der Waals surface area contributed by atoms with Crippen molar-refractivity contribution in [1.82, 2.24) is 29.7 Å². The van der Waals surface area contributed by atoms with E-state index in [1.54, 1.807) is 25.4 Å². The molecule has 0 aromatic carbocycles. The fourth-order valence-electron chi connectivity index (χ4n) is 3.93. The molecular weight excluding hydrogens is 380 g/mol. The Hall–Kier alpha value is -2.61. The van der Waals surface area contributed by atoms with Crippen LogP contribution in [0.2, 0.25) is 0 Å². The number of aromatic nitrogens is 4. The summed E-state index contributed by atoms with van der Waals surface area (Å²) < 4.78 is 0. The molecule has 8 nitrogen and oxygen atoms in total. The molecule has 1 amide bonds. The summed E-state index contributed by atoms with van der Waals surface area (Å²) in [6.07, 6.45) is 9.39. The zero-order valence-electron chi connectivity index (χ0n) is 18.2. The topological polar surface area (TPSA) is 95.1 Å². The molecule has 2 aromatic rings. The molecule has 8 heteroatoms. The number of rotatable bonds is 8. The first-order chi connectivity index (χ1) is 14.4. The number of amides is 1. The monoisotopic (exact) mass is 412 g/mol. The summed E-state index contributed by atoms with van der Waals surface area (Å²) in [7, 11) is 4.01. The summed E-state index contributed by atoms with van der Waals surface area (Å²) in [4.78, 5) is 45.3. The van der Waals surface area contributed by atoms with Crippen LogP contribution in [-0.2, 0) is 11.2 Å². The molecule has 0 radical (unpaired) electrons. The van der Waals surface area contributed by atoms with Crippen LogP contribution in [-0.4, -0.2) is 69.4 Å². The molecule has 3 rings (SSSR count). The van der Waals surface area contributed by atoms with E-state index in [1.807, 2.05) is 19.0 Å². The summed E-state index contributed by atoms with van der Waals surface area (Å²) in [5.41, 5.74) is 0.654. The van der Waals surface area contributed by atoms with Gasteiger partial charge in [-0.2, -0.15) is 0 Å². The van der Waals surface area contributed by atoms with Crippen LogP contribution in [0.15, 0.2) is 23.3 Å². The molecule has 1 aliphatic carbocycles. The minimum atomic E-state index is -0.302. The third kappa shape index (κ3) is 5.95. The van der Waals surface area contributed by atoms with Crippen LogP contribution >= 0.6 is 0 Å². The molecular formula is C22H32N6O2. The lowest BCUT2D eigenvalue weighted by atomic mass is 9.89. The van der Waals surface area contributed by atoms with E-state index in [-0.39, 0.29) is 17.9 Å². The number of likely N-dealkylation sites (N-methyl/N-ethyl adjacent to an activating group) is 1. The molecule has 0 spiro atoms. The first-order valence-electron chi connectivity index (χ1n) is 10.7. The van der Waals surface area contributed by atoms with Gasteiger partial charge in [-0.15, -0.1) is 0 Å². The van der Waals surface area contributed by atoms with Gasteiger partial charge in [-0.3, -0.25) is 9.59 Å². The Morgan fingerprint density at radius 2 is 1.83 bits per heavy atom. The van der Waals surface area contributed by atoms with E-state index in [2.05, 4.69) is 24.8 Å². The van der Waals surface area contributed by atoms with Gasteiger partial charge in [0.25, 0.3) is 5.56 Å². The van der Waals surface area contributed by atoms with Crippen LogP contribution in [0.1, 0.15) is 43.4 Å². The molecule has 0 atom stereocenters. The van der Waals surface area contributed by atoms with Crippen molar-refractivity contribution in [3.05, 3.63) is 40.1 Å². The van der Waals surface area contributed by atoms with Crippen molar-refractivity contribution >= 4 is 5.91 Å². The highest BCUT2D eigenvalue weighted by Gasteiger charge is 2.23. The lowest BCUT2D eigenvalue weighted by Crippen LogP contribution is -2.41. The van der Waals surface area contributed by atoms with Crippen molar-refractivity contribution in [2.45, 2.75) is 45.4 Å². The number of carbonyl (C=O) groups is 1. The normalized spacial score (nSPS) is 14.8. The second kappa shape index (κ2) is 10.4. The van der Waals surface area contributed by atoms with E-state index in [0.29, 0.717) is 35.4 Å². The number of aryl methyl sites for hydroxylation is 1. The SMILES string of the molecule is Cc1nc(-c2ncccn2)[nH]c(=O)c1CC(=O)N(CCN(C)C)CC1CCCCC1. The van der Waals surface area contributed by atoms with Gasteiger partial charge in [-0.05, 0) is 45.8 Å². The van der Waals surface area contributed by atoms with Crippen LogP contribution in [0, 0.1) is 12.8 Å². The highest BCUT2D eigenvalue weighted by molar-refractivity contribution is 5.79. The van der Waals surface area contributed by atoms with E-state index in [0.717, 1.165) is 13.1 Å². The second-order valence-electron chi connectivity index (χ2n) is 8.37.